The first-order chi connectivity index (χ1) is 15.7. The molecule has 0 aromatic heterocycles. The lowest BCUT2D eigenvalue weighted by Crippen LogP contribution is -2.25. The van der Waals surface area contributed by atoms with Gasteiger partial charge in [-0.15, -0.1) is 0 Å². The molecule has 32 heavy (non-hydrogen) atoms. The normalized spacial score (nSPS) is 19.4. The summed E-state index contributed by atoms with van der Waals surface area (Å²) in [6.07, 6.45) is 24.6. The molecule has 1 nitrogen and oxygen atoms in total. The summed E-state index contributed by atoms with van der Waals surface area (Å²) >= 11 is 0. The summed E-state index contributed by atoms with van der Waals surface area (Å²) in [5, 5.41) is 0. The van der Waals surface area contributed by atoms with Crippen LogP contribution >= 0.6 is 0 Å². The van der Waals surface area contributed by atoms with E-state index in [0.29, 0.717) is 23.7 Å². The first kappa shape index (κ1) is 25.3. The predicted octanol–water partition coefficient (Wildman–Crippen LogP) is 9.90. The first-order valence-electron chi connectivity index (χ1n) is 13.8. The molecular formula is C30H47FO. The van der Waals surface area contributed by atoms with E-state index >= 15 is 0 Å². The van der Waals surface area contributed by atoms with Gasteiger partial charge in [-0.1, -0.05) is 70.1 Å². The van der Waals surface area contributed by atoms with Crippen LogP contribution < -0.4 is 4.74 Å². The molecule has 0 amide bonds. The van der Waals surface area contributed by atoms with E-state index in [1.807, 2.05) is 6.07 Å². The fraction of sp³-hybridized carbons (Fsp3) is 0.733. The molecule has 3 rings (SSSR count). The highest BCUT2D eigenvalue weighted by Crippen LogP contribution is 2.47. The van der Waals surface area contributed by atoms with Gasteiger partial charge in [0.1, 0.15) is 0 Å². The molecule has 2 aliphatic rings. The van der Waals surface area contributed by atoms with Gasteiger partial charge in [-0.2, -0.15) is 0 Å². The van der Waals surface area contributed by atoms with Crippen molar-refractivity contribution in [2.45, 2.75) is 129 Å². The minimum absolute atomic E-state index is 0.186. The van der Waals surface area contributed by atoms with Crippen molar-refractivity contribution in [3.63, 3.8) is 0 Å². The van der Waals surface area contributed by atoms with Gasteiger partial charge < -0.3 is 4.74 Å². The Balaban J connectivity index is 1.74. The zero-order chi connectivity index (χ0) is 22.7. The van der Waals surface area contributed by atoms with Crippen LogP contribution in [0.15, 0.2) is 29.8 Å². The number of halogens is 1. The summed E-state index contributed by atoms with van der Waals surface area (Å²) in [7, 11) is 0. The van der Waals surface area contributed by atoms with Gasteiger partial charge in [0.25, 0.3) is 0 Å². The van der Waals surface area contributed by atoms with Gasteiger partial charge in [0.15, 0.2) is 11.6 Å². The Labute approximate surface area is 197 Å². The zero-order valence-corrected chi connectivity index (χ0v) is 20.9. The van der Waals surface area contributed by atoms with Crippen LogP contribution in [0.1, 0.15) is 134 Å². The quantitative estimate of drug-likeness (QED) is 0.218. The van der Waals surface area contributed by atoms with Crippen molar-refractivity contribution in [1.82, 2.24) is 0 Å². The van der Waals surface area contributed by atoms with Crippen LogP contribution in [-0.2, 0) is 0 Å². The average Bonchev–Trinajstić information content (AvgIpc) is 2.82. The van der Waals surface area contributed by atoms with Gasteiger partial charge in [0.2, 0.25) is 0 Å². The Morgan fingerprint density at radius 2 is 1.81 bits per heavy atom. The van der Waals surface area contributed by atoms with Gasteiger partial charge in [0.05, 0.1) is 6.61 Å². The molecule has 0 saturated heterocycles. The maximum absolute atomic E-state index is 14.8. The molecule has 0 N–H and O–H groups in total. The summed E-state index contributed by atoms with van der Waals surface area (Å²) in [5.74, 6) is 0.655. The van der Waals surface area contributed by atoms with Crippen molar-refractivity contribution in [2.24, 2.45) is 5.41 Å². The van der Waals surface area contributed by atoms with Gasteiger partial charge in [0, 0.05) is 0 Å². The van der Waals surface area contributed by atoms with Crippen molar-refractivity contribution in [2.75, 3.05) is 6.61 Å². The second-order valence-corrected chi connectivity index (χ2v) is 10.6. The van der Waals surface area contributed by atoms with Crippen molar-refractivity contribution in [3.8, 4) is 5.75 Å². The minimum atomic E-state index is -0.186. The molecule has 1 atom stereocenters. The van der Waals surface area contributed by atoms with Gasteiger partial charge >= 0.3 is 0 Å². The molecule has 1 saturated carbocycles. The highest BCUT2D eigenvalue weighted by atomic mass is 19.1. The van der Waals surface area contributed by atoms with Crippen LogP contribution in [0, 0.1) is 11.2 Å². The van der Waals surface area contributed by atoms with Crippen LogP contribution in [0.3, 0.4) is 0 Å². The van der Waals surface area contributed by atoms with Gasteiger partial charge in [-0.25, -0.2) is 4.39 Å². The average molecular weight is 443 g/mol. The highest BCUT2D eigenvalue weighted by Gasteiger charge is 2.32. The third-order valence-electron chi connectivity index (χ3n) is 8.03. The van der Waals surface area contributed by atoms with E-state index in [2.05, 4.69) is 26.0 Å². The maximum Gasteiger partial charge on any atom is 0.165 e. The smallest absolute Gasteiger partial charge is 0.165 e. The number of hydrogen-bond donors (Lipinski definition) is 0. The molecule has 1 aromatic rings. The number of hydrogen-bond acceptors (Lipinski definition) is 1. The Kier molecular flexibility index (Phi) is 10.6. The monoisotopic (exact) mass is 442 g/mol. The predicted molar refractivity (Wildman–Crippen MR) is 135 cm³/mol. The second-order valence-electron chi connectivity index (χ2n) is 10.6. The summed E-state index contributed by atoms with van der Waals surface area (Å²) in [6, 6.07) is 5.80. The molecule has 0 spiro atoms. The summed E-state index contributed by atoms with van der Waals surface area (Å²) < 4.78 is 20.5. The first-order valence-corrected chi connectivity index (χ1v) is 13.8. The third kappa shape index (κ3) is 7.63. The molecule has 0 radical (unpaired) electrons. The fourth-order valence-electron chi connectivity index (χ4n) is 6.05. The molecule has 1 fully saturated rings. The van der Waals surface area contributed by atoms with Gasteiger partial charge in [-0.3, -0.25) is 0 Å². The summed E-state index contributed by atoms with van der Waals surface area (Å²) in [6.45, 7) is 4.94. The minimum Gasteiger partial charge on any atom is -0.491 e. The van der Waals surface area contributed by atoms with Crippen molar-refractivity contribution in [1.29, 1.82) is 0 Å². The number of ether oxygens (including phenoxy) is 1. The van der Waals surface area contributed by atoms with Crippen LogP contribution in [0.2, 0.25) is 0 Å². The largest absolute Gasteiger partial charge is 0.491 e. The van der Waals surface area contributed by atoms with Crippen molar-refractivity contribution in [3.05, 3.63) is 41.2 Å². The van der Waals surface area contributed by atoms with E-state index in [-0.39, 0.29) is 5.82 Å². The Hall–Kier alpha value is -1.31. The van der Waals surface area contributed by atoms with Crippen LogP contribution in [0.4, 0.5) is 4.39 Å². The third-order valence-corrected chi connectivity index (χ3v) is 8.03. The molecule has 0 bridgehead atoms. The number of benzene rings is 1. The summed E-state index contributed by atoms with van der Waals surface area (Å²) in [4.78, 5) is 0. The van der Waals surface area contributed by atoms with E-state index in [0.717, 1.165) is 12.8 Å². The SMILES string of the molecule is CCCCCC1(CCC(CC2=CCCCC2)c2ccc(OCCC)c(F)c2)CCCCC1. The lowest BCUT2D eigenvalue weighted by molar-refractivity contribution is 0.144. The van der Waals surface area contributed by atoms with E-state index < -0.39 is 0 Å². The van der Waals surface area contributed by atoms with E-state index in [1.54, 1.807) is 11.6 Å². The second kappa shape index (κ2) is 13.4. The van der Waals surface area contributed by atoms with Crippen LogP contribution in [-0.4, -0.2) is 6.61 Å². The Morgan fingerprint density at radius 3 is 2.50 bits per heavy atom. The molecular weight excluding hydrogens is 395 g/mol. The topological polar surface area (TPSA) is 9.23 Å². The van der Waals surface area contributed by atoms with Crippen LogP contribution in [0.25, 0.3) is 0 Å². The lowest BCUT2D eigenvalue weighted by atomic mass is 9.66. The van der Waals surface area contributed by atoms with Crippen LogP contribution in [0.5, 0.6) is 5.75 Å². The zero-order valence-electron chi connectivity index (χ0n) is 20.9. The number of unbranched alkanes of at least 4 members (excludes halogenated alkanes) is 2. The molecule has 180 valence electrons. The van der Waals surface area contributed by atoms with Gasteiger partial charge in [-0.05, 0) is 99.7 Å². The number of allylic oxidation sites excluding steroid dienone is 2. The maximum atomic E-state index is 14.8. The molecule has 0 aliphatic heterocycles. The molecule has 2 aliphatic carbocycles. The van der Waals surface area contributed by atoms with E-state index in [1.165, 1.54) is 102 Å². The molecule has 2 heteroatoms. The Morgan fingerprint density at radius 1 is 0.969 bits per heavy atom. The Bertz CT molecular complexity index is 701. The molecule has 1 unspecified atom stereocenters. The number of rotatable bonds is 13. The fourth-order valence-corrected chi connectivity index (χ4v) is 6.05. The van der Waals surface area contributed by atoms with E-state index in [4.69, 9.17) is 4.74 Å². The lowest BCUT2D eigenvalue weighted by Gasteiger charge is -2.39. The molecule has 0 heterocycles. The highest BCUT2D eigenvalue weighted by molar-refractivity contribution is 5.32. The van der Waals surface area contributed by atoms with Crippen molar-refractivity contribution >= 4 is 0 Å². The standard InChI is InChI=1S/C30H47FO/c1-3-5-10-18-30(19-11-7-12-20-30)21-17-27(23-25-13-8-6-9-14-25)26-15-16-29(28(31)24-26)32-22-4-2/h13,15-16,24,27H,3-12,14,17-23H2,1-2H3. The molecule has 1 aromatic carbocycles. The van der Waals surface area contributed by atoms with Crippen molar-refractivity contribution < 1.29 is 9.13 Å². The summed E-state index contributed by atoms with van der Waals surface area (Å²) in [5.41, 5.74) is 3.32. The van der Waals surface area contributed by atoms with E-state index in [9.17, 15) is 4.39 Å².